The number of fused-ring (bicyclic) bond motifs is 1. The normalized spacial score (nSPS) is 17.8. The highest BCUT2D eigenvalue weighted by Gasteiger charge is 2.43. The maximum Gasteiger partial charge on any atom is 0.580 e. The molecule has 2 heterocycles. The quantitative estimate of drug-likeness (QED) is 0.839. The van der Waals surface area contributed by atoms with E-state index < -0.39 is 12.7 Å². The second kappa shape index (κ2) is 4.06. The fraction of sp³-hybridized carbons (Fsp3) is 0.286. The van der Waals surface area contributed by atoms with Crippen molar-refractivity contribution in [2.24, 2.45) is 0 Å². The summed E-state index contributed by atoms with van der Waals surface area (Å²) in [4.78, 5) is 3.30. The van der Waals surface area contributed by atoms with Crippen molar-refractivity contribution < 1.29 is 14.0 Å². The number of aromatic nitrogens is 1. The third kappa shape index (κ3) is 1.90. The Labute approximate surface area is 112 Å². The Morgan fingerprint density at radius 2 is 2.16 bits per heavy atom. The number of H-pyrrole nitrogens is 1. The molecule has 5 heteroatoms. The molecule has 0 spiro atoms. The number of aromatic amines is 1. The van der Waals surface area contributed by atoms with Gasteiger partial charge in [-0.2, -0.15) is 0 Å². The number of ether oxygens (including phenoxy) is 1. The van der Waals surface area contributed by atoms with Crippen LogP contribution in [0.5, 0.6) is 5.75 Å². The van der Waals surface area contributed by atoms with Gasteiger partial charge in [0, 0.05) is 5.39 Å². The van der Waals surface area contributed by atoms with Gasteiger partial charge in [0.05, 0.1) is 24.0 Å². The van der Waals surface area contributed by atoms with Gasteiger partial charge in [-0.25, -0.2) is 0 Å². The lowest BCUT2D eigenvalue weighted by Gasteiger charge is -2.15. The van der Waals surface area contributed by atoms with E-state index in [1.165, 1.54) is 0 Å². The minimum atomic E-state index is -0.466. The predicted molar refractivity (Wildman–Crippen MR) is 75.6 cm³/mol. The zero-order valence-electron chi connectivity index (χ0n) is 11.3. The number of hydrogen-bond donors (Lipinski definition) is 1. The Morgan fingerprint density at radius 3 is 2.79 bits per heavy atom. The van der Waals surface area contributed by atoms with Gasteiger partial charge in [-0.05, 0) is 26.0 Å². The van der Waals surface area contributed by atoms with Crippen LogP contribution >= 0.6 is 0 Å². The summed E-state index contributed by atoms with van der Waals surface area (Å²) in [5, 5.41) is 1.07. The first-order chi connectivity index (χ1) is 9.01. The zero-order valence-corrected chi connectivity index (χ0v) is 11.3. The smallest absolute Gasteiger partial charge is 0.533 e. The highest BCUT2D eigenvalue weighted by Crippen LogP contribution is 2.30. The standard InChI is InChI=1S/C14H16BNO3/c1-9-14(2,3)19-15(18-9)12-8-10-6-5-7-11(17-4)13(10)16-12/h5-8,16H,1H2,2-4H3. The molecule has 1 fully saturated rings. The van der Waals surface area contributed by atoms with E-state index in [-0.39, 0.29) is 0 Å². The van der Waals surface area contributed by atoms with Crippen molar-refractivity contribution in [1.29, 1.82) is 0 Å². The van der Waals surface area contributed by atoms with Crippen LogP contribution in [0.15, 0.2) is 36.6 Å². The maximum absolute atomic E-state index is 5.86. The van der Waals surface area contributed by atoms with Gasteiger partial charge in [0.1, 0.15) is 11.4 Å². The lowest BCUT2D eigenvalue weighted by Crippen LogP contribution is -2.35. The largest absolute Gasteiger partial charge is 0.580 e. The van der Waals surface area contributed by atoms with Crippen LogP contribution < -0.4 is 10.3 Å². The predicted octanol–water partition coefficient (Wildman–Crippen LogP) is 2.21. The van der Waals surface area contributed by atoms with Crippen molar-refractivity contribution in [1.82, 2.24) is 4.98 Å². The molecule has 98 valence electrons. The summed E-state index contributed by atoms with van der Waals surface area (Å²) in [6.07, 6.45) is 0. The average Bonchev–Trinajstić information content (AvgIpc) is 2.90. The summed E-state index contributed by atoms with van der Waals surface area (Å²) >= 11 is 0. The highest BCUT2D eigenvalue weighted by molar-refractivity contribution is 6.62. The summed E-state index contributed by atoms with van der Waals surface area (Å²) in [6, 6.07) is 7.91. The van der Waals surface area contributed by atoms with E-state index in [2.05, 4.69) is 11.6 Å². The number of hydrogen-bond acceptors (Lipinski definition) is 3. The van der Waals surface area contributed by atoms with E-state index in [0.29, 0.717) is 5.76 Å². The summed E-state index contributed by atoms with van der Waals surface area (Å²) in [6.45, 7) is 7.77. The van der Waals surface area contributed by atoms with Gasteiger partial charge in [0.25, 0.3) is 0 Å². The first-order valence-electron chi connectivity index (χ1n) is 6.21. The molecule has 1 saturated heterocycles. The molecule has 1 aliphatic heterocycles. The van der Waals surface area contributed by atoms with E-state index in [0.717, 1.165) is 22.2 Å². The van der Waals surface area contributed by atoms with Crippen LogP contribution in [-0.2, 0) is 9.31 Å². The molecule has 2 aromatic rings. The molecule has 0 saturated carbocycles. The van der Waals surface area contributed by atoms with Crippen molar-refractivity contribution in [3.63, 3.8) is 0 Å². The Bertz CT molecular complexity index is 647. The summed E-state index contributed by atoms with van der Waals surface area (Å²) in [7, 11) is 1.21. The summed E-state index contributed by atoms with van der Waals surface area (Å²) in [5.41, 5.74) is 1.35. The maximum atomic E-state index is 5.86. The molecule has 0 aliphatic carbocycles. The second-order valence-electron chi connectivity index (χ2n) is 5.15. The van der Waals surface area contributed by atoms with E-state index in [9.17, 15) is 0 Å². The number of para-hydroxylation sites is 1. The average molecular weight is 257 g/mol. The minimum absolute atomic E-state index is 0.445. The Balaban J connectivity index is 2.01. The number of benzene rings is 1. The fourth-order valence-electron chi connectivity index (χ4n) is 2.20. The van der Waals surface area contributed by atoms with Gasteiger partial charge in [-0.3, -0.25) is 0 Å². The summed E-state index contributed by atoms with van der Waals surface area (Å²) in [5.74, 6) is 1.45. The van der Waals surface area contributed by atoms with Crippen LogP contribution in [0.3, 0.4) is 0 Å². The molecule has 0 bridgehead atoms. The van der Waals surface area contributed by atoms with Crippen LogP contribution in [0, 0.1) is 0 Å². The lowest BCUT2D eigenvalue weighted by atomic mass is 9.85. The third-order valence-corrected chi connectivity index (χ3v) is 3.44. The molecule has 1 N–H and O–H groups in total. The SMILES string of the molecule is C=C1OB(c2cc3cccc(OC)c3[nH]2)OC1(C)C. The molecule has 19 heavy (non-hydrogen) atoms. The molecule has 0 amide bonds. The molecule has 4 nitrogen and oxygen atoms in total. The Morgan fingerprint density at radius 1 is 1.37 bits per heavy atom. The van der Waals surface area contributed by atoms with Crippen molar-refractivity contribution >= 4 is 23.6 Å². The topological polar surface area (TPSA) is 43.5 Å². The number of rotatable bonds is 2. The van der Waals surface area contributed by atoms with Gasteiger partial charge in [0.15, 0.2) is 0 Å². The van der Waals surface area contributed by atoms with Crippen LogP contribution in [-0.4, -0.2) is 24.8 Å². The molecular weight excluding hydrogens is 241 g/mol. The van der Waals surface area contributed by atoms with Crippen LogP contribution in [0.1, 0.15) is 13.8 Å². The van der Waals surface area contributed by atoms with Gasteiger partial charge >= 0.3 is 7.12 Å². The van der Waals surface area contributed by atoms with Gasteiger partial charge in [-0.15, -0.1) is 0 Å². The molecule has 1 aromatic carbocycles. The molecule has 3 rings (SSSR count). The van der Waals surface area contributed by atoms with Crippen molar-refractivity contribution in [3.05, 3.63) is 36.6 Å². The van der Waals surface area contributed by atoms with Crippen molar-refractivity contribution in [2.75, 3.05) is 7.11 Å². The monoisotopic (exact) mass is 257 g/mol. The fourth-order valence-corrected chi connectivity index (χ4v) is 2.20. The molecular formula is C14H16BNO3. The number of nitrogens with one attached hydrogen (secondary N) is 1. The van der Waals surface area contributed by atoms with Crippen LogP contribution in [0.25, 0.3) is 10.9 Å². The first-order valence-corrected chi connectivity index (χ1v) is 6.21. The van der Waals surface area contributed by atoms with Crippen molar-refractivity contribution in [2.45, 2.75) is 19.4 Å². The van der Waals surface area contributed by atoms with Gasteiger partial charge < -0.3 is 19.0 Å². The lowest BCUT2D eigenvalue weighted by molar-refractivity contribution is 0.173. The molecule has 1 aromatic heterocycles. The highest BCUT2D eigenvalue weighted by atomic mass is 16.7. The van der Waals surface area contributed by atoms with Crippen LogP contribution in [0.2, 0.25) is 0 Å². The van der Waals surface area contributed by atoms with E-state index in [1.54, 1.807) is 7.11 Å². The Kier molecular flexibility index (Phi) is 2.60. The second-order valence-corrected chi connectivity index (χ2v) is 5.15. The molecule has 1 aliphatic rings. The minimum Gasteiger partial charge on any atom is -0.533 e. The zero-order chi connectivity index (χ0) is 13.6. The van der Waals surface area contributed by atoms with E-state index in [4.69, 9.17) is 14.0 Å². The molecule has 0 radical (unpaired) electrons. The van der Waals surface area contributed by atoms with E-state index >= 15 is 0 Å². The third-order valence-electron chi connectivity index (χ3n) is 3.44. The molecule has 0 unspecified atom stereocenters. The Hall–Kier alpha value is -1.88. The van der Waals surface area contributed by atoms with Gasteiger partial charge in [-0.1, -0.05) is 18.7 Å². The van der Waals surface area contributed by atoms with Crippen molar-refractivity contribution in [3.8, 4) is 5.75 Å². The summed E-state index contributed by atoms with van der Waals surface area (Å²) < 4.78 is 16.9. The first kappa shape index (κ1) is 12.2. The van der Waals surface area contributed by atoms with Crippen LogP contribution in [0.4, 0.5) is 0 Å². The van der Waals surface area contributed by atoms with E-state index in [1.807, 2.05) is 38.1 Å². The number of methoxy groups -OCH3 is 1. The molecule has 0 atom stereocenters. The van der Waals surface area contributed by atoms with Gasteiger partial charge in [0.2, 0.25) is 0 Å².